The van der Waals surface area contributed by atoms with Gasteiger partial charge in [-0.2, -0.15) is 0 Å². The van der Waals surface area contributed by atoms with Crippen molar-refractivity contribution in [3.8, 4) is 5.75 Å². The molecule has 150 valence electrons. The van der Waals surface area contributed by atoms with E-state index in [2.05, 4.69) is 45.0 Å². The van der Waals surface area contributed by atoms with Crippen LogP contribution in [-0.4, -0.2) is 42.0 Å². The van der Waals surface area contributed by atoms with Crippen LogP contribution in [0.15, 0.2) is 46.9 Å². The van der Waals surface area contributed by atoms with Crippen molar-refractivity contribution in [1.29, 1.82) is 0 Å². The molecule has 0 bridgehead atoms. The molecule has 0 aliphatic carbocycles. The minimum absolute atomic E-state index is 0.0859. The number of H-pyrrole nitrogens is 1. The highest BCUT2D eigenvalue weighted by molar-refractivity contribution is 9.10. The first kappa shape index (κ1) is 19.7. The highest BCUT2D eigenvalue weighted by Crippen LogP contribution is 2.35. The molecule has 0 unspecified atom stereocenters. The van der Waals surface area contributed by atoms with E-state index < -0.39 is 0 Å². The van der Waals surface area contributed by atoms with Crippen LogP contribution in [0, 0.1) is 0 Å². The molecule has 3 aromatic rings. The molecule has 0 fully saturated rings. The predicted molar refractivity (Wildman–Crippen MR) is 122 cm³/mol. The van der Waals surface area contributed by atoms with Gasteiger partial charge in [0.2, 0.25) is 0 Å². The van der Waals surface area contributed by atoms with E-state index in [0.717, 1.165) is 57.7 Å². The number of aromatic amines is 1. The topological polar surface area (TPSA) is 57.4 Å². The fourth-order valence-corrected chi connectivity index (χ4v) is 3.95. The average Bonchev–Trinajstić information content (AvgIpc) is 3.25. The molecule has 0 radical (unpaired) electrons. The molecule has 0 saturated heterocycles. The Morgan fingerprint density at radius 1 is 1.10 bits per heavy atom. The number of nitrogens with one attached hydrogen (secondary N) is 2. The number of nitrogens with zero attached hydrogens (tertiary/aromatic N) is 1. The lowest BCUT2D eigenvalue weighted by Gasteiger charge is -2.17. The van der Waals surface area contributed by atoms with Crippen molar-refractivity contribution in [1.82, 2.24) is 9.88 Å². The van der Waals surface area contributed by atoms with Gasteiger partial charge in [0.05, 0.1) is 5.57 Å². The molecule has 2 N–H and O–H groups in total. The van der Waals surface area contributed by atoms with E-state index in [1.54, 1.807) is 0 Å². The van der Waals surface area contributed by atoms with E-state index in [4.69, 9.17) is 4.74 Å². The van der Waals surface area contributed by atoms with Gasteiger partial charge >= 0.3 is 0 Å². The van der Waals surface area contributed by atoms with Gasteiger partial charge in [-0.25, -0.2) is 0 Å². The second kappa shape index (κ2) is 8.43. The van der Waals surface area contributed by atoms with Crippen LogP contribution in [0.4, 0.5) is 5.69 Å². The third-order valence-electron chi connectivity index (χ3n) is 5.25. The van der Waals surface area contributed by atoms with Gasteiger partial charge in [-0.15, -0.1) is 0 Å². The maximum absolute atomic E-state index is 12.4. The van der Waals surface area contributed by atoms with Crippen LogP contribution in [0.1, 0.15) is 25.1 Å². The minimum Gasteiger partial charge on any atom is -0.492 e. The Labute approximate surface area is 178 Å². The normalized spacial score (nSPS) is 14.6. The van der Waals surface area contributed by atoms with Gasteiger partial charge in [-0.1, -0.05) is 29.8 Å². The molecule has 0 atom stereocenters. The van der Waals surface area contributed by atoms with Gasteiger partial charge in [0, 0.05) is 38.9 Å². The standard InChI is InChI=1S/C23H24BrN3O2/c1-3-27(4-2)9-10-29-18-6-8-21-15(12-18)11-17(25-21)14-20-19-13-16(24)5-7-22(19)26-23(20)28/h5-8,11-14,25H,3-4,9-10H2,1-2H3,(H,26,28)/b20-14-. The Hall–Kier alpha value is -2.57. The SMILES string of the molecule is CCN(CC)CCOc1ccc2[nH]c(/C=C3\C(=O)Nc4ccc(Br)cc43)cc2c1. The Morgan fingerprint density at radius 2 is 1.93 bits per heavy atom. The maximum atomic E-state index is 12.4. The largest absolute Gasteiger partial charge is 0.492 e. The van der Waals surface area contributed by atoms with Crippen molar-refractivity contribution in [3.05, 3.63) is 58.2 Å². The summed E-state index contributed by atoms with van der Waals surface area (Å²) in [5, 5.41) is 3.97. The summed E-state index contributed by atoms with van der Waals surface area (Å²) in [6.45, 7) is 7.96. The second-order valence-corrected chi connectivity index (χ2v) is 7.97. The zero-order valence-electron chi connectivity index (χ0n) is 16.6. The number of carbonyl (C=O) groups excluding carboxylic acids is 1. The van der Waals surface area contributed by atoms with Gasteiger partial charge in [0.1, 0.15) is 12.4 Å². The van der Waals surface area contributed by atoms with Gasteiger partial charge < -0.3 is 19.9 Å². The summed E-state index contributed by atoms with van der Waals surface area (Å²) in [5.74, 6) is 0.771. The molecule has 0 spiro atoms. The maximum Gasteiger partial charge on any atom is 0.256 e. The van der Waals surface area contributed by atoms with Crippen LogP contribution in [0.3, 0.4) is 0 Å². The molecule has 1 aliphatic heterocycles. The van der Waals surface area contributed by atoms with Crippen molar-refractivity contribution >= 4 is 50.1 Å². The van der Waals surface area contributed by atoms with E-state index in [-0.39, 0.29) is 5.91 Å². The molecule has 6 heteroatoms. The third kappa shape index (κ3) is 4.23. The molecule has 4 rings (SSSR count). The molecule has 1 amide bonds. The number of halogens is 1. The molecule has 0 saturated carbocycles. The van der Waals surface area contributed by atoms with Crippen LogP contribution >= 0.6 is 15.9 Å². The number of fused-ring (bicyclic) bond motifs is 2. The molecule has 2 aromatic carbocycles. The highest BCUT2D eigenvalue weighted by Gasteiger charge is 2.24. The number of aromatic nitrogens is 1. The fourth-order valence-electron chi connectivity index (χ4n) is 3.59. The molecule has 1 aliphatic rings. The molecule has 2 heterocycles. The molecule has 5 nitrogen and oxygen atoms in total. The summed E-state index contributed by atoms with van der Waals surface area (Å²) in [5.41, 5.74) is 4.30. The number of amides is 1. The van der Waals surface area contributed by atoms with Gasteiger partial charge in [-0.3, -0.25) is 4.79 Å². The summed E-state index contributed by atoms with van der Waals surface area (Å²) < 4.78 is 6.87. The Morgan fingerprint density at radius 3 is 2.72 bits per heavy atom. The van der Waals surface area contributed by atoms with Crippen molar-refractivity contribution in [2.45, 2.75) is 13.8 Å². The summed E-state index contributed by atoms with van der Waals surface area (Å²) in [4.78, 5) is 18.1. The van der Waals surface area contributed by atoms with Crippen molar-refractivity contribution in [2.24, 2.45) is 0 Å². The lowest BCUT2D eigenvalue weighted by Crippen LogP contribution is -2.27. The minimum atomic E-state index is -0.0859. The molecular weight excluding hydrogens is 430 g/mol. The Bertz CT molecular complexity index is 1080. The molecule has 29 heavy (non-hydrogen) atoms. The lowest BCUT2D eigenvalue weighted by molar-refractivity contribution is -0.110. The van der Waals surface area contributed by atoms with Gasteiger partial charge in [0.25, 0.3) is 5.91 Å². The fraction of sp³-hybridized carbons (Fsp3) is 0.261. The summed E-state index contributed by atoms with van der Waals surface area (Å²) in [6.07, 6.45) is 1.90. The van der Waals surface area contributed by atoms with E-state index in [1.807, 2.05) is 48.5 Å². The number of anilines is 1. The number of hydrogen-bond donors (Lipinski definition) is 2. The second-order valence-electron chi connectivity index (χ2n) is 7.05. The zero-order valence-corrected chi connectivity index (χ0v) is 18.2. The van der Waals surface area contributed by atoms with E-state index in [0.29, 0.717) is 12.2 Å². The van der Waals surface area contributed by atoms with Crippen LogP contribution in [0.5, 0.6) is 5.75 Å². The first-order valence-corrected chi connectivity index (χ1v) is 10.7. The number of rotatable bonds is 7. The van der Waals surface area contributed by atoms with Gasteiger partial charge in [-0.05, 0) is 61.6 Å². The Kier molecular flexibility index (Phi) is 5.74. The number of carbonyl (C=O) groups is 1. The predicted octanol–water partition coefficient (Wildman–Crippen LogP) is 5.14. The number of benzene rings is 2. The number of hydrogen-bond acceptors (Lipinski definition) is 3. The summed E-state index contributed by atoms with van der Waals surface area (Å²) >= 11 is 3.48. The third-order valence-corrected chi connectivity index (χ3v) is 5.74. The van der Waals surface area contributed by atoms with Crippen LogP contribution in [0.25, 0.3) is 22.6 Å². The lowest BCUT2D eigenvalue weighted by atomic mass is 10.1. The van der Waals surface area contributed by atoms with Crippen LogP contribution < -0.4 is 10.1 Å². The van der Waals surface area contributed by atoms with Crippen LogP contribution in [-0.2, 0) is 4.79 Å². The molecular formula is C23H24BrN3O2. The highest BCUT2D eigenvalue weighted by atomic mass is 79.9. The Balaban J connectivity index is 1.55. The van der Waals surface area contributed by atoms with Crippen molar-refractivity contribution < 1.29 is 9.53 Å². The smallest absolute Gasteiger partial charge is 0.256 e. The van der Waals surface area contributed by atoms with E-state index in [1.165, 1.54) is 0 Å². The molecule has 1 aromatic heterocycles. The van der Waals surface area contributed by atoms with E-state index >= 15 is 0 Å². The average molecular weight is 454 g/mol. The zero-order chi connectivity index (χ0) is 20.4. The number of likely N-dealkylation sites (N-methyl/N-ethyl adjacent to an activating group) is 1. The van der Waals surface area contributed by atoms with Crippen molar-refractivity contribution in [3.63, 3.8) is 0 Å². The van der Waals surface area contributed by atoms with Gasteiger partial charge in [0.15, 0.2) is 0 Å². The summed E-state index contributed by atoms with van der Waals surface area (Å²) in [6, 6.07) is 13.9. The van der Waals surface area contributed by atoms with E-state index in [9.17, 15) is 4.79 Å². The number of ether oxygens (including phenoxy) is 1. The monoisotopic (exact) mass is 453 g/mol. The quantitative estimate of drug-likeness (QED) is 0.486. The van der Waals surface area contributed by atoms with Crippen LogP contribution in [0.2, 0.25) is 0 Å². The summed E-state index contributed by atoms with van der Waals surface area (Å²) in [7, 11) is 0. The van der Waals surface area contributed by atoms with Crippen molar-refractivity contribution in [2.75, 3.05) is 31.6 Å². The first-order chi connectivity index (χ1) is 14.1. The first-order valence-electron chi connectivity index (χ1n) is 9.88.